The van der Waals surface area contributed by atoms with E-state index >= 15 is 0 Å². The lowest BCUT2D eigenvalue weighted by molar-refractivity contribution is 0.413. The van der Waals surface area contributed by atoms with E-state index in [-0.39, 0.29) is 5.25 Å². The number of aromatic nitrogens is 3. The summed E-state index contributed by atoms with van der Waals surface area (Å²) in [7, 11) is 0.908. The maximum absolute atomic E-state index is 12.2. The van der Waals surface area contributed by atoms with Gasteiger partial charge in [-0.2, -0.15) is 5.10 Å². The molecule has 3 rings (SSSR count). The summed E-state index contributed by atoms with van der Waals surface area (Å²) in [6, 6.07) is 7.93. The van der Waals surface area contributed by atoms with Crippen LogP contribution in [0.25, 0.3) is 11.4 Å². The minimum absolute atomic E-state index is 0.283. The lowest BCUT2D eigenvalue weighted by Crippen LogP contribution is -2.46. The van der Waals surface area contributed by atoms with Gasteiger partial charge in [0.1, 0.15) is 18.1 Å². The Labute approximate surface area is 180 Å². The Kier molecular flexibility index (Phi) is 8.24. The molecule has 1 heterocycles. The highest BCUT2D eigenvalue weighted by molar-refractivity contribution is 7.85. The molecule has 0 radical (unpaired) electrons. The molecule has 0 spiro atoms. The molecular formula is C21H32N6O2S. The first-order chi connectivity index (χ1) is 14.6. The predicted octanol–water partition coefficient (Wildman–Crippen LogP) is 2.62. The van der Waals surface area contributed by atoms with Crippen molar-refractivity contribution in [3.63, 3.8) is 0 Å². The van der Waals surface area contributed by atoms with Crippen molar-refractivity contribution < 1.29 is 8.95 Å². The molecule has 1 aromatic heterocycles. The Hall–Kier alpha value is -2.42. The summed E-state index contributed by atoms with van der Waals surface area (Å²) in [6.07, 6.45) is 4.15. The molecule has 2 aromatic rings. The number of aliphatic imine (C=N–C) groups is 1. The summed E-state index contributed by atoms with van der Waals surface area (Å²) >= 11 is 0. The molecule has 1 aliphatic carbocycles. The quantitative estimate of drug-likeness (QED) is 0.438. The first-order valence-corrected chi connectivity index (χ1v) is 12.0. The molecule has 0 bridgehead atoms. The Morgan fingerprint density at radius 1 is 1.30 bits per heavy atom. The second kappa shape index (κ2) is 11.1. The van der Waals surface area contributed by atoms with Gasteiger partial charge in [-0.3, -0.25) is 9.31 Å². The average Bonchev–Trinajstić information content (AvgIpc) is 3.26. The van der Waals surface area contributed by atoms with Crippen LogP contribution in [-0.4, -0.2) is 56.0 Å². The fraction of sp³-hybridized carbons (Fsp3) is 0.571. The van der Waals surface area contributed by atoms with Crippen molar-refractivity contribution >= 4 is 16.8 Å². The number of benzene rings is 1. The summed E-state index contributed by atoms with van der Waals surface area (Å²) in [5.74, 6) is 3.62. The molecule has 3 unspecified atom stereocenters. The molecule has 0 aliphatic heterocycles. The van der Waals surface area contributed by atoms with Crippen molar-refractivity contribution in [1.29, 1.82) is 0 Å². The van der Waals surface area contributed by atoms with Crippen molar-refractivity contribution in [1.82, 2.24) is 25.8 Å². The molecule has 8 nitrogen and oxygen atoms in total. The number of hydrogen-bond donors (Lipinski definition) is 3. The van der Waals surface area contributed by atoms with E-state index in [9.17, 15) is 4.21 Å². The fourth-order valence-electron chi connectivity index (χ4n) is 3.65. The van der Waals surface area contributed by atoms with Gasteiger partial charge in [-0.05, 0) is 50.5 Å². The highest BCUT2D eigenvalue weighted by Gasteiger charge is 2.26. The van der Waals surface area contributed by atoms with Gasteiger partial charge in [0.2, 0.25) is 0 Å². The van der Waals surface area contributed by atoms with Gasteiger partial charge in [-0.15, -0.1) is 0 Å². The van der Waals surface area contributed by atoms with Crippen LogP contribution in [0.15, 0.2) is 29.3 Å². The fourth-order valence-corrected chi connectivity index (χ4v) is 5.00. The monoisotopic (exact) mass is 432 g/mol. The van der Waals surface area contributed by atoms with Crippen molar-refractivity contribution in [2.45, 2.75) is 57.4 Å². The summed E-state index contributed by atoms with van der Waals surface area (Å²) < 4.78 is 17.4. The van der Waals surface area contributed by atoms with Crippen LogP contribution >= 0.6 is 0 Å². The van der Waals surface area contributed by atoms with Crippen LogP contribution in [0.5, 0.6) is 5.75 Å². The van der Waals surface area contributed by atoms with Gasteiger partial charge in [0.25, 0.3) is 0 Å². The molecule has 9 heteroatoms. The van der Waals surface area contributed by atoms with Gasteiger partial charge < -0.3 is 15.4 Å². The zero-order valence-electron chi connectivity index (χ0n) is 18.0. The van der Waals surface area contributed by atoms with Crippen LogP contribution in [0.4, 0.5) is 0 Å². The van der Waals surface area contributed by atoms with Crippen molar-refractivity contribution in [2.75, 3.05) is 19.4 Å². The van der Waals surface area contributed by atoms with Crippen molar-refractivity contribution in [3.05, 3.63) is 30.1 Å². The number of nitrogens with zero attached hydrogens (tertiary/aromatic N) is 3. The number of H-pyrrole nitrogens is 1. The lowest BCUT2D eigenvalue weighted by atomic mass is 9.95. The maximum Gasteiger partial charge on any atom is 0.191 e. The minimum Gasteiger partial charge on any atom is -0.497 e. The average molecular weight is 433 g/mol. The van der Waals surface area contributed by atoms with E-state index in [0.717, 1.165) is 55.3 Å². The summed E-state index contributed by atoms with van der Waals surface area (Å²) in [5.41, 5.74) is 0.921. The lowest BCUT2D eigenvalue weighted by Gasteiger charge is -2.30. The minimum atomic E-state index is -0.735. The first-order valence-electron chi connectivity index (χ1n) is 10.6. The number of nitrogens with one attached hydrogen (secondary N) is 3. The van der Waals surface area contributed by atoms with E-state index in [0.29, 0.717) is 24.2 Å². The SMILES string of the molecule is CCNC(=NCc1nc(-c2ccc(OC)cc2)n[nH]1)NC1CCCC(S(=O)CC)C1. The highest BCUT2D eigenvalue weighted by Crippen LogP contribution is 2.23. The van der Waals surface area contributed by atoms with Crippen LogP contribution in [-0.2, 0) is 17.3 Å². The number of hydrogen-bond acceptors (Lipinski definition) is 5. The van der Waals surface area contributed by atoms with Crippen LogP contribution in [0, 0.1) is 0 Å². The van der Waals surface area contributed by atoms with Crippen molar-refractivity contribution in [3.8, 4) is 17.1 Å². The Balaban J connectivity index is 1.62. The summed E-state index contributed by atoms with van der Waals surface area (Å²) in [4.78, 5) is 9.22. The van der Waals surface area contributed by atoms with Gasteiger partial charge in [-0.25, -0.2) is 9.98 Å². The van der Waals surface area contributed by atoms with Crippen LogP contribution in [0.3, 0.4) is 0 Å². The topological polar surface area (TPSA) is 104 Å². The molecule has 1 aliphatic rings. The van der Waals surface area contributed by atoms with E-state index in [4.69, 9.17) is 4.74 Å². The Morgan fingerprint density at radius 3 is 2.80 bits per heavy atom. The summed E-state index contributed by atoms with van der Waals surface area (Å²) in [5, 5.41) is 14.4. The smallest absolute Gasteiger partial charge is 0.191 e. The molecule has 1 aromatic carbocycles. The van der Waals surface area contributed by atoms with E-state index in [1.165, 1.54) is 0 Å². The molecule has 0 amide bonds. The van der Waals surface area contributed by atoms with E-state index < -0.39 is 10.8 Å². The molecule has 30 heavy (non-hydrogen) atoms. The number of methoxy groups -OCH3 is 1. The number of guanidine groups is 1. The third kappa shape index (κ3) is 6.04. The van der Waals surface area contributed by atoms with Crippen LogP contribution < -0.4 is 15.4 Å². The zero-order valence-corrected chi connectivity index (χ0v) is 18.8. The third-order valence-electron chi connectivity index (χ3n) is 5.23. The first kappa shape index (κ1) is 22.3. The second-order valence-electron chi connectivity index (χ2n) is 7.33. The van der Waals surface area contributed by atoms with E-state index in [2.05, 4.69) is 30.8 Å². The Bertz CT molecular complexity index is 851. The largest absolute Gasteiger partial charge is 0.497 e. The number of ether oxygens (including phenoxy) is 1. The molecule has 1 fully saturated rings. The number of rotatable bonds is 8. The maximum atomic E-state index is 12.2. The standard InChI is InChI=1S/C21H32N6O2S/c1-4-22-21(24-16-7-6-8-18(13-16)30(28)5-2)23-14-19-25-20(27-26-19)15-9-11-17(29-3)12-10-15/h9-12,16,18H,4-8,13-14H2,1-3H3,(H2,22,23,24)(H,25,26,27). The van der Waals surface area contributed by atoms with Gasteiger partial charge >= 0.3 is 0 Å². The van der Waals surface area contributed by atoms with Gasteiger partial charge in [0.05, 0.1) is 7.11 Å². The van der Waals surface area contributed by atoms with E-state index in [1.807, 2.05) is 38.1 Å². The normalized spacial score (nSPS) is 20.6. The molecule has 3 atom stereocenters. The van der Waals surface area contributed by atoms with Gasteiger partial charge in [-0.1, -0.05) is 13.3 Å². The third-order valence-corrected chi connectivity index (χ3v) is 6.98. The molecule has 3 N–H and O–H groups in total. The van der Waals surface area contributed by atoms with Crippen LogP contribution in [0.2, 0.25) is 0 Å². The van der Waals surface area contributed by atoms with Gasteiger partial charge in [0.15, 0.2) is 11.8 Å². The predicted molar refractivity (Wildman–Crippen MR) is 121 cm³/mol. The summed E-state index contributed by atoms with van der Waals surface area (Å²) in [6.45, 7) is 5.21. The van der Waals surface area contributed by atoms with E-state index in [1.54, 1.807) is 7.11 Å². The molecular weight excluding hydrogens is 400 g/mol. The molecule has 0 saturated heterocycles. The van der Waals surface area contributed by atoms with Crippen LogP contribution in [0.1, 0.15) is 45.4 Å². The molecule has 164 valence electrons. The number of aromatic amines is 1. The van der Waals surface area contributed by atoms with Gasteiger partial charge in [0, 0.05) is 40.0 Å². The Morgan fingerprint density at radius 2 is 2.10 bits per heavy atom. The highest BCUT2D eigenvalue weighted by atomic mass is 32.2. The second-order valence-corrected chi connectivity index (χ2v) is 9.33. The zero-order chi connectivity index (χ0) is 21.3. The molecule has 1 saturated carbocycles. The van der Waals surface area contributed by atoms with Crippen molar-refractivity contribution in [2.24, 2.45) is 4.99 Å².